The van der Waals surface area contributed by atoms with Gasteiger partial charge in [-0.3, -0.25) is 0 Å². The van der Waals surface area contributed by atoms with Gasteiger partial charge in [0, 0.05) is 0 Å². The number of benzene rings is 4. The molecule has 3 unspecified atom stereocenters. The molecule has 238 valence electrons. The van der Waals surface area contributed by atoms with Crippen molar-refractivity contribution in [2.45, 2.75) is 86.8 Å². The normalized spacial score (nSPS) is 17.0. The Morgan fingerprint density at radius 2 is 1.07 bits per heavy atom. The van der Waals surface area contributed by atoms with Crippen LogP contribution in [-0.4, -0.2) is 0 Å². The van der Waals surface area contributed by atoms with E-state index in [4.69, 9.17) is 0 Å². The molecule has 0 nitrogen and oxygen atoms in total. The molecule has 0 aromatic heterocycles. The van der Waals surface area contributed by atoms with Crippen LogP contribution in [0.25, 0.3) is 34.4 Å². The Kier molecular flexibility index (Phi) is 12.6. The summed E-state index contributed by atoms with van der Waals surface area (Å²) in [4.78, 5) is 0. The summed E-state index contributed by atoms with van der Waals surface area (Å²) in [6, 6.07) is 32.9. The fourth-order valence-corrected chi connectivity index (χ4v) is 12.9. The van der Waals surface area contributed by atoms with Gasteiger partial charge in [-0.25, -0.2) is 0 Å². The minimum Gasteiger partial charge on any atom is -1.00 e. The standard InChI is InChI=1S/C23H27.C20H21.2ClH.Zr/c1-5-7-17(4)21-14-20-8-6-9-22(23(20)15-21)19-12-10-18(11-13-19)16(2)3;1-4-15-12-18-6-5-7-19(20(18)13-15)17-10-8-16(9-11-17)14(2)3;;;/h6,8-17H,5,7H2,1-4H3;5-14H,4H2,1-3H3;2*1H;/q;;;;+2/p-2. The minimum absolute atomic E-state index is 0. The largest absolute Gasteiger partial charge is 1.00 e. The molecule has 0 N–H and O–H groups in total. The van der Waals surface area contributed by atoms with E-state index in [0.717, 1.165) is 6.42 Å². The molecule has 0 radical (unpaired) electrons. The van der Waals surface area contributed by atoms with Gasteiger partial charge >= 0.3 is 280 Å². The third-order valence-electron chi connectivity index (χ3n) is 10.1. The second-order valence-electron chi connectivity index (χ2n) is 13.6. The first-order chi connectivity index (χ1) is 21.3. The summed E-state index contributed by atoms with van der Waals surface area (Å²) >= 11 is -0.968. The molecule has 0 heterocycles. The van der Waals surface area contributed by atoms with E-state index in [9.17, 15) is 0 Å². The first-order valence-corrected chi connectivity index (χ1v) is 19.8. The molecule has 3 atom stereocenters. The van der Waals surface area contributed by atoms with Crippen molar-refractivity contribution in [3.05, 3.63) is 129 Å². The van der Waals surface area contributed by atoms with Crippen LogP contribution in [0.3, 0.4) is 0 Å². The zero-order valence-electron chi connectivity index (χ0n) is 28.5. The van der Waals surface area contributed by atoms with E-state index >= 15 is 0 Å². The smallest absolute Gasteiger partial charge is 1.00 e. The van der Waals surface area contributed by atoms with E-state index in [0.29, 0.717) is 25.0 Å². The maximum absolute atomic E-state index is 2.63. The Balaban J connectivity index is 0.00000240. The number of allylic oxidation sites excluding steroid dienone is 2. The summed E-state index contributed by atoms with van der Waals surface area (Å²) in [6.07, 6.45) is 8.85. The molecule has 2 aliphatic carbocycles. The van der Waals surface area contributed by atoms with Gasteiger partial charge in [0.2, 0.25) is 0 Å². The van der Waals surface area contributed by atoms with Gasteiger partial charge in [-0.2, -0.15) is 0 Å². The van der Waals surface area contributed by atoms with E-state index in [-0.39, 0.29) is 24.8 Å². The van der Waals surface area contributed by atoms with Crippen molar-refractivity contribution in [3.63, 3.8) is 0 Å². The predicted molar refractivity (Wildman–Crippen MR) is 188 cm³/mol. The molecule has 46 heavy (non-hydrogen) atoms. The van der Waals surface area contributed by atoms with Gasteiger partial charge in [0.1, 0.15) is 0 Å². The van der Waals surface area contributed by atoms with Crippen LogP contribution in [0.1, 0.15) is 120 Å². The van der Waals surface area contributed by atoms with Gasteiger partial charge < -0.3 is 24.8 Å². The summed E-state index contributed by atoms with van der Waals surface area (Å²) in [5.41, 5.74) is 17.9. The molecule has 0 amide bonds. The molecule has 0 bridgehead atoms. The van der Waals surface area contributed by atoms with E-state index in [1.807, 2.05) is 0 Å². The van der Waals surface area contributed by atoms with E-state index in [1.54, 1.807) is 22.3 Å². The quantitative estimate of drug-likeness (QED) is 0.169. The Labute approximate surface area is 302 Å². The Hall–Kier alpha value is -2.18. The Bertz CT molecular complexity index is 1690. The van der Waals surface area contributed by atoms with Gasteiger partial charge in [0.25, 0.3) is 0 Å². The van der Waals surface area contributed by atoms with Crippen LogP contribution in [0.4, 0.5) is 0 Å². The topological polar surface area (TPSA) is 0 Å². The first kappa shape index (κ1) is 36.7. The minimum atomic E-state index is -0.968. The number of hydrogen-bond acceptors (Lipinski definition) is 0. The van der Waals surface area contributed by atoms with Gasteiger partial charge in [-0.1, -0.05) is 0 Å². The molecular formula is C43H48Cl2Zr. The second-order valence-corrected chi connectivity index (χ2v) is 17.3. The number of halogens is 2. The van der Waals surface area contributed by atoms with Crippen molar-refractivity contribution in [2.75, 3.05) is 0 Å². The maximum atomic E-state index is 2.63. The Morgan fingerprint density at radius 3 is 1.52 bits per heavy atom. The second kappa shape index (κ2) is 15.8. The third kappa shape index (κ3) is 7.14. The van der Waals surface area contributed by atoms with Gasteiger partial charge in [-0.05, 0) is 0 Å². The van der Waals surface area contributed by atoms with Crippen LogP contribution < -0.4 is 24.8 Å². The molecule has 6 rings (SSSR count). The van der Waals surface area contributed by atoms with E-state index in [2.05, 4.69) is 146 Å². The summed E-state index contributed by atoms with van der Waals surface area (Å²) in [5, 5.41) is 0. The van der Waals surface area contributed by atoms with Crippen LogP contribution in [0.15, 0.2) is 96.1 Å². The molecule has 2 aliphatic rings. The third-order valence-corrected chi connectivity index (χ3v) is 15.0. The molecule has 0 spiro atoms. The van der Waals surface area contributed by atoms with Gasteiger partial charge in [-0.15, -0.1) is 0 Å². The van der Waals surface area contributed by atoms with Crippen LogP contribution in [0, 0.1) is 5.92 Å². The van der Waals surface area contributed by atoms with Gasteiger partial charge in [0.05, 0.1) is 0 Å². The van der Waals surface area contributed by atoms with Crippen LogP contribution >= 0.6 is 0 Å². The molecule has 0 fully saturated rings. The Morgan fingerprint density at radius 1 is 0.587 bits per heavy atom. The monoisotopic (exact) mass is 724 g/mol. The average Bonchev–Trinajstić information content (AvgIpc) is 3.59. The van der Waals surface area contributed by atoms with Crippen molar-refractivity contribution < 1.29 is 48.0 Å². The molecule has 0 saturated heterocycles. The molecule has 0 aliphatic heterocycles. The number of hydrogen-bond donors (Lipinski definition) is 0. The summed E-state index contributed by atoms with van der Waals surface area (Å²) in [7, 11) is 0. The van der Waals surface area contributed by atoms with Crippen molar-refractivity contribution in [1.82, 2.24) is 0 Å². The summed E-state index contributed by atoms with van der Waals surface area (Å²) < 4.78 is 1.24. The molecule has 0 saturated carbocycles. The van der Waals surface area contributed by atoms with Crippen LogP contribution in [0.2, 0.25) is 0 Å². The number of rotatable bonds is 10. The average molecular weight is 727 g/mol. The predicted octanol–water partition coefficient (Wildman–Crippen LogP) is 6.78. The zero-order chi connectivity index (χ0) is 31.0. The van der Waals surface area contributed by atoms with Gasteiger partial charge in [0.15, 0.2) is 0 Å². The molecule has 4 aromatic carbocycles. The first-order valence-electron chi connectivity index (χ1n) is 16.9. The summed E-state index contributed by atoms with van der Waals surface area (Å²) in [5.74, 6) is 1.73. The zero-order valence-corrected chi connectivity index (χ0v) is 32.5. The van der Waals surface area contributed by atoms with Crippen LogP contribution in [-0.2, 0) is 23.2 Å². The van der Waals surface area contributed by atoms with Crippen molar-refractivity contribution in [2.24, 2.45) is 5.92 Å². The number of fused-ring (bicyclic) bond motifs is 2. The van der Waals surface area contributed by atoms with Crippen LogP contribution in [0.5, 0.6) is 0 Å². The summed E-state index contributed by atoms with van der Waals surface area (Å²) in [6.45, 7) is 16.3. The van der Waals surface area contributed by atoms with E-state index in [1.165, 1.54) is 57.3 Å². The van der Waals surface area contributed by atoms with Crippen molar-refractivity contribution in [1.29, 1.82) is 0 Å². The molecular weight excluding hydrogens is 679 g/mol. The van der Waals surface area contributed by atoms with E-state index < -0.39 is 23.2 Å². The SMILES string of the molecule is CCCC(C)C1=Cc2c(-c3ccc(C(C)C)cc3)cccc2[CH]1[Zr+2][CH]1C(CC)=Cc2c(-c3ccc(C(C)C)cc3)cccc21.[Cl-].[Cl-]. The van der Waals surface area contributed by atoms with Crippen molar-refractivity contribution in [3.8, 4) is 22.3 Å². The molecule has 4 aromatic rings. The maximum Gasteiger partial charge on any atom is -1.00 e. The fraction of sp³-hybridized carbons (Fsp3) is 0.349. The fourth-order valence-electron chi connectivity index (χ4n) is 7.37. The van der Waals surface area contributed by atoms with Crippen molar-refractivity contribution >= 4 is 12.2 Å². The molecule has 3 heteroatoms.